The molecule has 0 amide bonds. The van der Waals surface area contributed by atoms with E-state index in [9.17, 15) is 0 Å². The van der Waals surface area contributed by atoms with E-state index >= 15 is 0 Å². The second-order valence-electron chi connectivity index (χ2n) is 1.61. The molecule has 1 aromatic rings. The number of hydrogen-bond donors (Lipinski definition) is 2. The van der Waals surface area contributed by atoms with Crippen molar-refractivity contribution in [2.24, 2.45) is 0 Å². The van der Waals surface area contributed by atoms with E-state index in [1.807, 2.05) is 31.5 Å². The lowest BCUT2D eigenvalue weighted by Crippen LogP contribution is -1.69. The molecule has 0 radical (unpaired) electrons. The van der Waals surface area contributed by atoms with Gasteiger partial charge in [-0.25, -0.2) is 0 Å². The van der Waals surface area contributed by atoms with Gasteiger partial charge in [0.25, 0.3) is 0 Å². The summed E-state index contributed by atoms with van der Waals surface area (Å²) in [6, 6.07) is 3.89. The fraction of sp³-hybridized carbons (Fsp3) is 0.429. The third-order valence-electron chi connectivity index (χ3n) is 0.720. The Bertz CT molecular complexity index is 84.4. The number of nitrogens with one attached hydrogen (secondary N) is 1. The van der Waals surface area contributed by atoms with E-state index in [1.54, 1.807) is 0 Å². The zero-order valence-electron chi connectivity index (χ0n) is 5.67. The van der Waals surface area contributed by atoms with E-state index in [4.69, 9.17) is 5.11 Å². The quantitative estimate of drug-likeness (QED) is 0.587. The first-order valence-electron chi connectivity index (χ1n) is 3.10. The molecule has 0 aromatic carbocycles. The zero-order valence-corrected chi connectivity index (χ0v) is 5.67. The number of aromatic nitrogens is 1. The van der Waals surface area contributed by atoms with Gasteiger partial charge in [0, 0.05) is 19.0 Å². The highest BCUT2D eigenvalue weighted by Gasteiger charge is 1.57. The third kappa shape index (κ3) is 7.24. The van der Waals surface area contributed by atoms with E-state index in [0.29, 0.717) is 6.61 Å². The van der Waals surface area contributed by atoms with Gasteiger partial charge in [-0.1, -0.05) is 6.92 Å². The molecule has 0 aliphatic rings. The van der Waals surface area contributed by atoms with Crippen LogP contribution in [0.15, 0.2) is 24.5 Å². The molecule has 0 unspecified atom stereocenters. The Labute approximate surface area is 55.5 Å². The van der Waals surface area contributed by atoms with E-state index < -0.39 is 0 Å². The first kappa shape index (κ1) is 8.24. The molecule has 0 fully saturated rings. The zero-order chi connectivity index (χ0) is 6.95. The number of H-pyrrole nitrogens is 1. The minimum atomic E-state index is 0.319. The van der Waals surface area contributed by atoms with Crippen LogP contribution in [0, 0.1) is 0 Å². The maximum atomic E-state index is 7.88. The van der Waals surface area contributed by atoms with Crippen molar-refractivity contribution in [1.82, 2.24) is 4.98 Å². The van der Waals surface area contributed by atoms with Crippen molar-refractivity contribution in [2.75, 3.05) is 6.61 Å². The molecule has 0 aliphatic heterocycles. The molecule has 1 rings (SSSR count). The van der Waals surface area contributed by atoms with Crippen molar-refractivity contribution < 1.29 is 5.11 Å². The number of aliphatic hydroxyl groups excluding tert-OH is 1. The van der Waals surface area contributed by atoms with Gasteiger partial charge in [-0.05, 0) is 18.6 Å². The van der Waals surface area contributed by atoms with Crippen LogP contribution in [0.3, 0.4) is 0 Å². The maximum Gasteiger partial charge on any atom is 0.0428 e. The van der Waals surface area contributed by atoms with Crippen molar-refractivity contribution in [2.45, 2.75) is 13.3 Å². The molecule has 0 bridgehead atoms. The van der Waals surface area contributed by atoms with Crippen LogP contribution < -0.4 is 0 Å². The SMILES string of the molecule is CCCO.c1cc[nH]c1. The standard InChI is InChI=1S/C4H5N.C3H8O/c1-2-4-5-3-1;1-2-3-4/h1-5H;4H,2-3H2,1H3. The van der Waals surface area contributed by atoms with Gasteiger partial charge in [0.2, 0.25) is 0 Å². The molecule has 1 aromatic heterocycles. The number of aliphatic hydroxyl groups is 1. The molecule has 52 valence electrons. The van der Waals surface area contributed by atoms with Crippen LogP contribution in [0.5, 0.6) is 0 Å². The molecule has 2 heteroatoms. The van der Waals surface area contributed by atoms with Crippen molar-refractivity contribution >= 4 is 0 Å². The van der Waals surface area contributed by atoms with Crippen molar-refractivity contribution in [1.29, 1.82) is 0 Å². The molecule has 2 nitrogen and oxygen atoms in total. The van der Waals surface area contributed by atoms with E-state index in [0.717, 1.165) is 6.42 Å². The Hall–Kier alpha value is -0.760. The second kappa shape index (κ2) is 7.24. The van der Waals surface area contributed by atoms with E-state index in [1.165, 1.54) is 0 Å². The predicted molar refractivity (Wildman–Crippen MR) is 38.2 cm³/mol. The summed E-state index contributed by atoms with van der Waals surface area (Å²) in [5.74, 6) is 0. The van der Waals surface area contributed by atoms with Crippen molar-refractivity contribution in [3.8, 4) is 0 Å². The van der Waals surface area contributed by atoms with Crippen LogP contribution in [-0.2, 0) is 0 Å². The molecule has 1 heterocycles. The second-order valence-corrected chi connectivity index (χ2v) is 1.61. The van der Waals surface area contributed by atoms with Crippen LogP contribution in [0.25, 0.3) is 0 Å². The van der Waals surface area contributed by atoms with Crippen LogP contribution in [0.2, 0.25) is 0 Å². The Kier molecular flexibility index (Phi) is 6.63. The molecule has 0 aliphatic carbocycles. The fourth-order valence-electron chi connectivity index (χ4n) is 0.278. The van der Waals surface area contributed by atoms with Crippen LogP contribution in [0.4, 0.5) is 0 Å². The average Bonchev–Trinajstić information content (AvgIpc) is 2.43. The first-order chi connectivity index (χ1) is 4.41. The number of hydrogen-bond acceptors (Lipinski definition) is 1. The highest BCUT2D eigenvalue weighted by Crippen LogP contribution is 1.72. The highest BCUT2D eigenvalue weighted by atomic mass is 16.2. The molecule has 0 atom stereocenters. The summed E-state index contributed by atoms with van der Waals surface area (Å²) in [7, 11) is 0. The molecule has 0 saturated carbocycles. The van der Waals surface area contributed by atoms with Gasteiger partial charge in [-0.15, -0.1) is 0 Å². The lowest BCUT2D eigenvalue weighted by molar-refractivity contribution is 0.295. The lowest BCUT2D eigenvalue weighted by atomic mass is 10.5. The van der Waals surface area contributed by atoms with Crippen LogP contribution in [0.1, 0.15) is 13.3 Å². The van der Waals surface area contributed by atoms with Gasteiger partial charge in [0.15, 0.2) is 0 Å². The Morgan fingerprint density at radius 3 is 1.89 bits per heavy atom. The smallest absolute Gasteiger partial charge is 0.0428 e. The monoisotopic (exact) mass is 127 g/mol. The largest absolute Gasteiger partial charge is 0.396 e. The summed E-state index contributed by atoms with van der Waals surface area (Å²) in [4.78, 5) is 2.86. The molecule has 9 heavy (non-hydrogen) atoms. The summed E-state index contributed by atoms with van der Waals surface area (Å²) in [6.07, 6.45) is 4.62. The molecule has 0 saturated heterocycles. The molecule has 0 spiro atoms. The van der Waals surface area contributed by atoms with Gasteiger partial charge in [-0.2, -0.15) is 0 Å². The first-order valence-corrected chi connectivity index (χ1v) is 3.10. The normalized spacial score (nSPS) is 7.78. The Morgan fingerprint density at radius 2 is 1.78 bits per heavy atom. The molecular formula is C7H13NO. The van der Waals surface area contributed by atoms with E-state index in [-0.39, 0.29) is 0 Å². The van der Waals surface area contributed by atoms with Gasteiger partial charge in [0.1, 0.15) is 0 Å². The maximum absolute atomic E-state index is 7.88. The van der Waals surface area contributed by atoms with Crippen LogP contribution >= 0.6 is 0 Å². The molecular weight excluding hydrogens is 114 g/mol. The summed E-state index contributed by atoms with van der Waals surface area (Å²) in [5, 5.41) is 7.88. The highest BCUT2D eigenvalue weighted by molar-refractivity contribution is 4.84. The Morgan fingerprint density at radius 1 is 1.33 bits per heavy atom. The van der Waals surface area contributed by atoms with Crippen LogP contribution in [-0.4, -0.2) is 16.7 Å². The lowest BCUT2D eigenvalue weighted by Gasteiger charge is -1.69. The summed E-state index contributed by atoms with van der Waals surface area (Å²) < 4.78 is 0. The minimum Gasteiger partial charge on any atom is -0.396 e. The summed E-state index contributed by atoms with van der Waals surface area (Å²) >= 11 is 0. The fourth-order valence-corrected chi connectivity index (χ4v) is 0.278. The van der Waals surface area contributed by atoms with Crippen molar-refractivity contribution in [3.63, 3.8) is 0 Å². The van der Waals surface area contributed by atoms with Gasteiger partial charge < -0.3 is 10.1 Å². The number of aromatic amines is 1. The summed E-state index contributed by atoms with van der Waals surface area (Å²) in [5.41, 5.74) is 0. The summed E-state index contributed by atoms with van der Waals surface area (Å²) in [6.45, 7) is 2.25. The predicted octanol–water partition coefficient (Wildman–Crippen LogP) is 1.40. The van der Waals surface area contributed by atoms with Gasteiger partial charge in [-0.3, -0.25) is 0 Å². The van der Waals surface area contributed by atoms with E-state index in [2.05, 4.69) is 4.98 Å². The van der Waals surface area contributed by atoms with Crippen molar-refractivity contribution in [3.05, 3.63) is 24.5 Å². The Balaban J connectivity index is 0.000000148. The minimum absolute atomic E-state index is 0.319. The third-order valence-corrected chi connectivity index (χ3v) is 0.720. The topological polar surface area (TPSA) is 36.0 Å². The van der Waals surface area contributed by atoms with Gasteiger partial charge in [0.05, 0.1) is 0 Å². The molecule has 2 N–H and O–H groups in total. The number of rotatable bonds is 1. The van der Waals surface area contributed by atoms with Gasteiger partial charge >= 0.3 is 0 Å². The average molecular weight is 127 g/mol.